The highest BCUT2D eigenvalue weighted by atomic mass is 15.3. The molecule has 3 heteroatoms. The summed E-state index contributed by atoms with van der Waals surface area (Å²) >= 11 is 0. The Morgan fingerprint density at radius 3 is 3.20 bits per heavy atom. The fourth-order valence-corrected chi connectivity index (χ4v) is 0.717. The molecule has 3 nitrogen and oxygen atoms in total. The number of H-pyrrole nitrogens is 1. The predicted molar refractivity (Wildman–Crippen MR) is 38.2 cm³/mol. The number of unbranched alkanes of at least 4 members (excludes halogenated alkanes) is 1. The molecule has 0 atom stereocenters. The highest BCUT2D eigenvalue weighted by Crippen LogP contribution is 1.97. The summed E-state index contributed by atoms with van der Waals surface area (Å²) in [5.41, 5.74) is 0.982. The van der Waals surface area contributed by atoms with Crippen LogP contribution in [0, 0.1) is 12.3 Å². The fourth-order valence-electron chi connectivity index (χ4n) is 0.717. The molecule has 10 heavy (non-hydrogen) atoms. The van der Waals surface area contributed by atoms with Gasteiger partial charge in [0.1, 0.15) is 0 Å². The van der Waals surface area contributed by atoms with Gasteiger partial charge in [-0.1, -0.05) is 0 Å². The van der Waals surface area contributed by atoms with Crippen LogP contribution in [-0.4, -0.2) is 15.4 Å². The van der Waals surface area contributed by atoms with Crippen molar-refractivity contribution in [3.05, 3.63) is 11.9 Å². The minimum Gasteiger partial charge on any atom is -0.198 e. The number of hydrogen-bond acceptors (Lipinski definition) is 2. The molecule has 0 bridgehead atoms. The molecule has 1 aromatic rings. The number of nitrogens with one attached hydrogen (secondary N) is 1. The van der Waals surface area contributed by atoms with Gasteiger partial charge in [0, 0.05) is 6.42 Å². The first-order valence-electron chi connectivity index (χ1n) is 3.21. The van der Waals surface area contributed by atoms with Crippen LogP contribution in [-0.2, 0) is 6.42 Å². The maximum Gasteiger partial charge on any atom is 0.0825 e. The van der Waals surface area contributed by atoms with Gasteiger partial charge < -0.3 is 0 Å². The number of hydrogen-bond donors (Lipinski definition) is 1. The summed E-state index contributed by atoms with van der Waals surface area (Å²) in [6.45, 7) is 0. The van der Waals surface area contributed by atoms with E-state index >= 15 is 0 Å². The fraction of sp³-hybridized carbons (Fsp3) is 0.429. The van der Waals surface area contributed by atoms with E-state index in [1.54, 1.807) is 6.20 Å². The third kappa shape index (κ3) is 1.90. The zero-order chi connectivity index (χ0) is 7.23. The molecule has 0 aliphatic rings. The van der Waals surface area contributed by atoms with Crippen LogP contribution >= 0.6 is 0 Å². The molecule has 1 rings (SSSR count). The van der Waals surface area contributed by atoms with Gasteiger partial charge in [-0.05, 0) is 12.8 Å². The zero-order valence-electron chi connectivity index (χ0n) is 5.67. The van der Waals surface area contributed by atoms with E-state index in [1.165, 1.54) is 0 Å². The number of aryl methyl sites for hydroxylation is 1. The molecule has 1 heterocycles. The van der Waals surface area contributed by atoms with E-state index in [0.717, 1.165) is 25.0 Å². The number of aromatic amines is 1. The van der Waals surface area contributed by atoms with E-state index in [1.807, 2.05) is 0 Å². The zero-order valence-corrected chi connectivity index (χ0v) is 5.67. The lowest BCUT2D eigenvalue weighted by Gasteiger charge is -1.88. The Morgan fingerprint density at radius 1 is 1.70 bits per heavy atom. The Balaban J connectivity index is 2.23. The van der Waals surface area contributed by atoms with Gasteiger partial charge in [0.15, 0.2) is 0 Å². The Bertz CT molecular complexity index is 207. The van der Waals surface area contributed by atoms with Gasteiger partial charge in [-0.2, -0.15) is 15.4 Å². The van der Waals surface area contributed by atoms with Crippen LogP contribution in [0.3, 0.4) is 0 Å². The van der Waals surface area contributed by atoms with E-state index in [0.29, 0.717) is 0 Å². The number of aromatic nitrogens is 3. The Hall–Kier alpha value is -1.30. The van der Waals surface area contributed by atoms with Gasteiger partial charge in [-0.3, -0.25) is 0 Å². The van der Waals surface area contributed by atoms with Crippen molar-refractivity contribution >= 4 is 0 Å². The monoisotopic (exact) mass is 135 g/mol. The maximum atomic E-state index is 5.07. The van der Waals surface area contributed by atoms with Crippen molar-refractivity contribution in [3.8, 4) is 12.3 Å². The van der Waals surface area contributed by atoms with E-state index < -0.39 is 0 Å². The van der Waals surface area contributed by atoms with Crippen LogP contribution in [0.4, 0.5) is 0 Å². The molecular formula is C7H9N3. The van der Waals surface area contributed by atoms with Crippen molar-refractivity contribution in [2.24, 2.45) is 0 Å². The molecule has 0 radical (unpaired) electrons. The Labute approximate surface area is 59.8 Å². The third-order valence-electron chi connectivity index (χ3n) is 1.22. The predicted octanol–water partition coefficient (Wildman–Crippen LogP) is 0.761. The van der Waals surface area contributed by atoms with Gasteiger partial charge in [0.25, 0.3) is 0 Å². The van der Waals surface area contributed by atoms with Crippen molar-refractivity contribution in [2.45, 2.75) is 19.3 Å². The summed E-state index contributed by atoms with van der Waals surface area (Å²) in [5.74, 6) is 2.57. The molecular weight excluding hydrogens is 126 g/mol. The second-order valence-electron chi connectivity index (χ2n) is 2.02. The van der Waals surface area contributed by atoms with Crippen LogP contribution in [0.2, 0.25) is 0 Å². The lowest BCUT2D eigenvalue weighted by Crippen LogP contribution is -1.83. The Kier molecular flexibility index (Phi) is 2.50. The number of rotatable bonds is 3. The quantitative estimate of drug-likeness (QED) is 0.491. The average molecular weight is 135 g/mol. The van der Waals surface area contributed by atoms with E-state index in [2.05, 4.69) is 21.3 Å². The molecule has 0 aliphatic carbocycles. The normalized spacial score (nSPS) is 9.10. The minimum absolute atomic E-state index is 0.812. The van der Waals surface area contributed by atoms with Gasteiger partial charge in [0.2, 0.25) is 0 Å². The van der Waals surface area contributed by atoms with Crippen LogP contribution in [0.5, 0.6) is 0 Å². The number of terminal acetylenes is 1. The largest absolute Gasteiger partial charge is 0.198 e. The third-order valence-corrected chi connectivity index (χ3v) is 1.22. The molecule has 0 unspecified atom stereocenters. The van der Waals surface area contributed by atoms with E-state index in [-0.39, 0.29) is 0 Å². The van der Waals surface area contributed by atoms with Gasteiger partial charge >= 0.3 is 0 Å². The molecule has 0 aliphatic heterocycles. The lowest BCUT2D eigenvalue weighted by molar-refractivity contribution is 0.816. The van der Waals surface area contributed by atoms with E-state index in [4.69, 9.17) is 6.42 Å². The van der Waals surface area contributed by atoms with Gasteiger partial charge in [-0.15, -0.1) is 12.3 Å². The summed E-state index contributed by atoms with van der Waals surface area (Å²) in [7, 11) is 0. The molecule has 1 aromatic heterocycles. The van der Waals surface area contributed by atoms with Crippen molar-refractivity contribution in [1.82, 2.24) is 15.4 Å². The summed E-state index contributed by atoms with van der Waals surface area (Å²) < 4.78 is 0. The van der Waals surface area contributed by atoms with Crippen LogP contribution in [0.15, 0.2) is 6.20 Å². The molecule has 0 amide bonds. The molecule has 1 N–H and O–H groups in total. The molecule has 52 valence electrons. The standard InChI is InChI=1S/C7H9N3/c1-2-3-4-5-7-6-8-10-9-7/h1,6H,3-5H2,(H,8,9,10). The second kappa shape index (κ2) is 3.67. The number of nitrogens with zero attached hydrogens (tertiary/aromatic N) is 2. The highest BCUT2D eigenvalue weighted by Gasteiger charge is 1.92. The summed E-state index contributed by atoms with van der Waals surface area (Å²) in [6, 6.07) is 0. The lowest BCUT2D eigenvalue weighted by atomic mass is 10.2. The molecule has 0 aromatic carbocycles. The van der Waals surface area contributed by atoms with Crippen molar-refractivity contribution in [3.63, 3.8) is 0 Å². The molecule has 0 fully saturated rings. The first-order valence-corrected chi connectivity index (χ1v) is 3.21. The molecule has 0 saturated heterocycles. The van der Waals surface area contributed by atoms with Crippen molar-refractivity contribution < 1.29 is 0 Å². The Morgan fingerprint density at radius 2 is 2.60 bits per heavy atom. The molecule has 0 saturated carbocycles. The van der Waals surface area contributed by atoms with Crippen LogP contribution in [0.1, 0.15) is 18.5 Å². The average Bonchev–Trinajstić information content (AvgIpc) is 2.41. The topological polar surface area (TPSA) is 41.6 Å². The van der Waals surface area contributed by atoms with Crippen molar-refractivity contribution in [2.75, 3.05) is 0 Å². The highest BCUT2D eigenvalue weighted by molar-refractivity contribution is 4.92. The van der Waals surface area contributed by atoms with E-state index in [9.17, 15) is 0 Å². The first-order chi connectivity index (χ1) is 4.93. The summed E-state index contributed by atoms with van der Waals surface area (Å²) in [4.78, 5) is 0. The smallest absolute Gasteiger partial charge is 0.0825 e. The second-order valence-corrected chi connectivity index (χ2v) is 2.02. The summed E-state index contributed by atoms with van der Waals surface area (Å²) in [5, 5.41) is 10.1. The summed E-state index contributed by atoms with van der Waals surface area (Å²) in [6.07, 6.45) is 9.51. The minimum atomic E-state index is 0.812. The van der Waals surface area contributed by atoms with Gasteiger partial charge in [0.05, 0.1) is 11.9 Å². The van der Waals surface area contributed by atoms with Gasteiger partial charge in [-0.25, -0.2) is 0 Å². The maximum absolute atomic E-state index is 5.07. The van der Waals surface area contributed by atoms with Crippen LogP contribution < -0.4 is 0 Å². The van der Waals surface area contributed by atoms with Crippen molar-refractivity contribution in [1.29, 1.82) is 0 Å². The van der Waals surface area contributed by atoms with Crippen LogP contribution in [0.25, 0.3) is 0 Å². The first kappa shape index (κ1) is 6.81. The SMILES string of the molecule is C#CCCCc1cn[nH]n1. The molecule has 0 spiro atoms.